The minimum atomic E-state index is -1.15. The third-order valence-electron chi connectivity index (χ3n) is 7.08. The molecule has 1 aliphatic rings. The van der Waals surface area contributed by atoms with Crippen LogP contribution in [0.3, 0.4) is 0 Å². The van der Waals surface area contributed by atoms with Crippen molar-refractivity contribution < 1.29 is 38.1 Å². The van der Waals surface area contributed by atoms with Crippen LogP contribution in [-0.2, 0) is 25.4 Å². The number of amides is 2. The molecule has 2 aromatic carbocycles. The highest BCUT2D eigenvalue weighted by atomic mass is 16.6. The molecule has 4 rings (SSSR count). The van der Waals surface area contributed by atoms with E-state index in [9.17, 15) is 14.4 Å². The highest BCUT2D eigenvalue weighted by molar-refractivity contribution is 6.12. The minimum Gasteiger partial charge on any atom is -0.457 e. The number of aliphatic hydroxyl groups is 1. The molecule has 1 aromatic heterocycles. The van der Waals surface area contributed by atoms with Gasteiger partial charge in [0.15, 0.2) is 5.76 Å². The number of cyclic esters (lactones) is 1. The van der Waals surface area contributed by atoms with Gasteiger partial charge < -0.3 is 23.7 Å². The number of aliphatic hydroxyl groups excluding tert-OH is 1. The summed E-state index contributed by atoms with van der Waals surface area (Å²) in [4.78, 5) is 40.7. The van der Waals surface area contributed by atoms with Gasteiger partial charge in [0.25, 0.3) is 0 Å². The number of aryl methyl sites for hydroxylation is 2. The van der Waals surface area contributed by atoms with Crippen LogP contribution in [0.4, 0.5) is 4.79 Å². The quantitative estimate of drug-likeness (QED) is 0.163. The van der Waals surface area contributed by atoms with E-state index in [-0.39, 0.29) is 19.0 Å². The molecular formula is C32H37NO8. The summed E-state index contributed by atoms with van der Waals surface area (Å²) in [5, 5.41) is 8.77. The second-order valence-electron chi connectivity index (χ2n) is 10.1. The van der Waals surface area contributed by atoms with Gasteiger partial charge in [-0.15, -0.1) is 0 Å². The molecule has 0 aliphatic carbocycles. The number of ether oxygens (including phenoxy) is 3. The third-order valence-corrected chi connectivity index (χ3v) is 7.08. The molecule has 9 nitrogen and oxygen atoms in total. The third kappa shape index (κ3) is 7.30. The largest absolute Gasteiger partial charge is 0.457 e. The second-order valence-corrected chi connectivity index (χ2v) is 10.1. The summed E-state index contributed by atoms with van der Waals surface area (Å²) in [5.41, 5.74) is 3.53. The molecule has 41 heavy (non-hydrogen) atoms. The van der Waals surface area contributed by atoms with Gasteiger partial charge in [-0.05, 0) is 44.4 Å². The number of carbonyl (C=O) groups excluding carboxylic acids is 3. The van der Waals surface area contributed by atoms with Crippen LogP contribution in [0.1, 0.15) is 53.8 Å². The van der Waals surface area contributed by atoms with Crippen LogP contribution in [-0.4, -0.2) is 66.9 Å². The zero-order valence-corrected chi connectivity index (χ0v) is 23.7. The van der Waals surface area contributed by atoms with Crippen LogP contribution in [0.15, 0.2) is 65.1 Å². The first kappa shape index (κ1) is 30.2. The van der Waals surface area contributed by atoms with Crippen LogP contribution in [0.5, 0.6) is 0 Å². The molecule has 2 heterocycles. The number of nitrogens with zero attached hydrogens (tertiary/aromatic N) is 1. The number of hydrogen-bond acceptors (Lipinski definition) is 8. The molecule has 9 heteroatoms. The number of Topliss-reactive ketones (excluding diaryl/α,β-unsaturated/α-hetero) is 1. The van der Waals surface area contributed by atoms with E-state index >= 15 is 0 Å². The summed E-state index contributed by atoms with van der Waals surface area (Å²) in [7, 11) is 0. The molecule has 218 valence electrons. The Morgan fingerprint density at radius 1 is 1.00 bits per heavy atom. The summed E-state index contributed by atoms with van der Waals surface area (Å²) in [5.74, 6) is -1.59. The first-order chi connectivity index (χ1) is 19.8. The molecule has 0 spiro atoms. The Morgan fingerprint density at radius 2 is 1.73 bits per heavy atom. The van der Waals surface area contributed by atoms with Crippen molar-refractivity contribution in [3.63, 3.8) is 0 Å². The highest BCUT2D eigenvalue weighted by Gasteiger charge is 2.46. The smallest absolute Gasteiger partial charge is 0.417 e. The van der Waals surface area contributed by atoms with Gasteiger partial charge in [-0.25, -0.2) is 9.69 Å². The Bertz CT molecular complexity index is 1330. The topological polar surface area (TPSA) is 116 Å². The summed E-state index contributed by atoms with van der Waals surface area (Å²) in [6.45, 7) is 6.74. The van der Waals surface area contributed by atoms with Gasteiger partial charge >= 0.3 is 6.09 Å². The normalized spacial score (nSPS) is 17.5. The molecule has 0 unspecified atom stereocenters. The van der Waals surface area contributed by atoms with Crippen molar-refractivity contribution in [1.29, 1.82) is 0 Å². The van der Waals surface area contributed by atoms with Crippen LogP contribution in [0, 0.1) is 12.8 Å². The predicted octanol–water partition coefficient (Wildman–Crippen LogP) is 5.14. The number of ketones is 1. The van der Waals surface area contributed by atoms with E-state index in [1.54, 1.807) is 13.0 Å². The van der Waals surface area contributed by atoms with Crippen LogP contribution >= 0.6 is 0 Å². The standard InChI is InChI=1S/C32H37NO8/c1-21-9-7-12-25(19-21)26-20-28(40-27(26)13-8-15-38-17-18-39-16-14-34)29(35)22(2)31(36)33-23(3)30(41-32(33)37)24-10-5-4-6-11-24/h4-7,9-12,19-20,22-23,30,34H,8,13-18H2,1-3H3/t22-,23-,30-/m1/s1. The van der Waals surface area contributed by atoms with Crippen LogP contribution in [0.25, 0.3) is 11.1 Å². The maximum Gasteiger partial charge on any atom is 0.417 e. The number of benzene rings is 2. The van der Waals surface area contributed by atoms with E-state index in [1.165, 1.54) is 6.92 Å². The van der Waals surface area contributed by atoms with Gasteiger partial charge in [0.05, 0.1) is 32.5 Å². The van der Waals surface area contributed by atoms with Crippen molar-refractivity contribution in [2.75, 3.05) is 33.0 Å². The minimum absolute atomic E-state index is 0.0269. The Labute approximate surface area is 240 Å². The van der Waals surface area contributed by atoms with Crippen molar-refractivity contribution in [3.8, 4) is 11.1 Å². The zero-order chi connectivity index (χ0) is 29.4. The second kappa shape index (κ2) is 14.2. The first-order valence-electron chi connectivity index (χ1n) is 13.9. The van der Waals surface area contributed by atoms with Gasteiger partial charge in [0.2, 0.25) is 11.7 Å². The maximum atomic E-state index is 13.5. The molecular weight excluding hydrogens is 526 g/mol. The monoisotopic (exact) mass is 563 g/mol. The lowest BCUT2D eigenvalue weighted by Gasteiger charge is -2.21. The molecule has 0 saturated carbocycles. The lowest BCUT2D eigenvalue weighted by molar-refractivity contribution is -0.131. The summed E-state index contributed by atoms with van der Waals surface area (Å²) in [6, 6.07) is 18.2. The van der Waals surface area contributed by atoms with E-state index in [0.717, 1.165) is 27.2 Å². The van der Waals surface area contributed by atoms with Crippen molar-refractivity contribution in [3.05, 3.63) is 83.3 Å². The molecule has 1 N–H and O–H groups in total. The van der Waals surface area contributed by atoms with Crippen molar-refractivity contribution in [2.45, 2.75) is 45.8 Å². The fraction of sp³-hybridized carbons (Fsp3) is 0.406. The van der Waals surface area contributed by atoms with E-state index in [1.807, 2.05) is 61.5 Å². The Kier molecular flexibility index (Phi) is 10.5. The van der Waals surface area contributed by atoms with Crippen LogP contribution < -0.4 is 0 Å². The van der Waals surface area contributed by atoms with Crippen LogP contribution in [0.2, 0.25) is 0 Å². The Hall–Kier alpha value is -3.79. The van der Waals surface area contributed by atoms with Gasteiger partial charge in [0, 0.05) is 18.6 Å². The van der Waals surface area contributed by atoms with E-state index in [4.69, 9.17) is 23.7 Å². The zero-order valence-electron chi connectivity index (χ0n) is 23.7. The fourth-order valence-electron chi connectivity index (χ4n) is 4.89. The van der Waals surface area contributed by atoms with Gasteiger partial charge in [-0.3, -0.25) is 9.59 Å². The van der Waals surface area contributed by atoms with E-state index in [2.05, 4.69) is 0 Å². The number of rotatable bonds is 14. The Morgan fingerprint density at radius 3 is 2.44 bits per heavy atom. The van der Waals surface area contributed by atoms with Gasteiger partial charge in [0.1, 0.15) is 17.8 Å². The summed E-state index contributed by atoms with van der Waals surface area (Å²) < 4.78 is 22.4. The lowest BCUT2D eigenvalue weighted by atomic mass is 9.98. The summed E-state index contributed by atoms with van der Waals surface area (Å²) >= 11 is 0. The molecule has 1 fully saturated rings. The highest BCUT2D eigenvalue weighted by Crippen LogP contribution is 2.35. The van der Waals surface area contributed by atoms with Crippen molar-refractivity contribution in [1.82, 2.24) is 4.90 Å². The SMILES string of the molecule is Cc1cccc(-c2cc(C(=O)[C@@H](C)C(=O)N3C(=O)O[C@@H](c4ccccc4)[C@H]3C)oc2CCCOCCOCCO)c1. The fourth-order valence-corrected chi connectivity index (χ4v) is 4.89. The first-order valence-corrected chi connectivity index (χ1v) is 13.9. The van der Waals surface area contributed by atoms with Gasteiger partial charge in [-0.2, -0.15) is 0 Å². The molecule has 3 aromatic rings. The van der Waals surface area contributed by atoms with E-state index < -0.39 is 35.8 Å². The van der Waals surface area contributed by atoms with Gasteiger partial charge in [-0.1, -0.05) is 60.2 Å². The number of imide groups is 1. The number of furan rings is 1. The average molecular weight is 564 g/mol. The van der Waals surface area contributed by atoms with E-state index in [0.29, 0.717) is 38.4 Å². The molecule has 1 saturated heterocycles. The molecule has 0 bridgehead atoms. The lowest BCUT2D eigenvalue weighted by Crippen LogP contribution is -2.43. The molecule has 3 atom stereocenters. The molecule has 1 aliphatic heterocycles. The average Bonchev–Trinajstić information content (AvgIpc) is 3.54. The maximum absolute atomic E-state index is 13.5. The number of carbonyl (C=O) groups is 3. The molecule has 2 amide bonds. The van der Waals surface area contributed by atoms with Crippen molar-refractivity contribution in [2.24, 2.45) is 5.92 Å². The Balaban J connectivity index is 1.47. The predicted molar refractivity (Wildman–Crippen MR) is 151 cm³/mol. The number of hydrogen-bond donors (Lipinski definition) is 1. The van der Waals surface area contributed by atoms with Crippen molar-refractivity contribution >= 4 is 17.8 Å². The summed E-state index contributed by atoms with van der Waals surface area (Å²) in [6.07, 6.45) is -0.211. The molecule has 0 radical (unpaired) electrons.